The summed E-state index contributed by atoms with van der Waals surface area (Å²) in [6.45, 7) is 2.56. The largest absolute Gasteiger partial charge is 0.454 e. The average molecular weight is 548 g/mol. The summed E-state index contributed by atoms with van der Waals surface area (Å²) in [7, 11) is 0. The van der Waals surface area contributed by atoms with E-state index in [1.165, 1.54) is 11.0 Å². The molecule has 3 aliphatic rings. The Morgan fingerprint density at radius 2 is 1.77 bits per heavy atom. The van der Waals surface area contributed by atoms with Gasteiger partial charge < -0.3 is 29.9 Å². The van der Waals surface area contributed by atoms with Crippen molar-refractivity contribution in [2.45, 2.75) is 18.6 Å². The van der Waals surface area contributed by atoms with Gasteiger partial charge >= 0.3 is 6.18 Å². The minimum absolute atomic E-state index is 0.0456. The number of benzene rings is 2. The molecule has 39 heavy (non-hydrogen) atoms. The van der Waals surface area contributed by atoms with Gasteiger partial charge in [0.05, 0.1) is 18.5 Å². The van der Waals surface area contributed by atoms with Crippen LogP contribution in [0, 0.1) is 0 Å². The number of nitrogens with zero attached hydrogens (tertiary/aromatic N) is 3. The molecule has 3 amide bonds. The maximum absolute atomic E-state index is 13.2. The second-order valence-corrected chi connectivity index (χ2v) is 9.53. The van der Waals surface area contributed by atoms with Gasteiger partial charge in [-0.25, -0.2) is 0 Å². The van der Waals surface area contributed by atoms with E-state index in [0.717, 1.165) is 12.1 Å². The molecule has 0 aliphatic carbocycles. The van der Waals surface area contributed by atoms with Crippen molar-refractivity contribution in [3.8, 4) is 11.5 Å². The number of fused-ring (bicyclic) bond motifs is 1. The first-order valence-electron chi connectivity index (χ1n) is 12.6. The van der Waals surface area contributed by atoms with Gasteiger partial charge in [0.15, 0.2) is 11.5 Å². The molecule has 2 saturated heterocycles. The van der Waals surface area contributed by atoms with Gasteiger partial charge in [-0.3, -0.25) is 19.3 Å². The standard InChI is InChI=1S/C26H28F3N5O5/c27-26(28,29)17-2-1-3-19(12-17)33-10-8-32(9-11-33)15-24(36)34-7-6-30-25(37)20(34)14-23(35)31-18-4-5-21-22(13-18)39-16-38-21/h1-5,12-13,20H,6-11,14-16H2,(H,30,37)(H,31,35)/t20-/m0/s1. The maximum atomic E-state index is 13.2. The lowest BCUT2D eigenvalue weighted by atomic mass is 10.1. The van der Waals surface area contributed by atoms with Gasteiger partial charge in [0.25, 0.3) is 0 Å². The molecule has 0 bridgehead atoms. The number of halogens is 3. The first-order valence-corrected chi connectivity index (χ1v) is 12.6. The van der Waals surface area contributed by atoms with E-state index in [0.29, 0.717) is 49.1 Å². The highest BCUT2D eigenvalue weighted by molar-refractivity contribution is 5.97. The van der Waals surface area contributed by atoms with Crippen LogP contribution in [0.4, 0.5) is 24.5 Å². The number of amides is 3. The number of nitrogens with one attached hydrogen (secondary N) is 2. The fourth-order valence-electron chi connectivity index (χ4n) is 4.90. The molecule has 3 heterocycles. The number of piperazine rings is 2. The summed E-state index contributed by atoms with van der Waals surface area (Å²) < 4.78 is 49.8. The molecular formula is C26H28F3N5O5. The smallest absolute Gasteiger partial charge is 0.416 e. The lowest BCUT2D eigenvalue weighted by Crippen LogP contribution is -2.60. The molecule has 13 heteroatoms. The number of anilines is 2. The van der Waals surface area contributed by atoms with E-state index in [-0.39, 0.29) is 38.8 Å². The number of hydrogen-bond donors (Lipinski definition) is 2. The van der Waals surface area contributed by atoms with Gasteiger partial charge in [-0.2, -0.15) is 13.2 Å². The molecule has 2 fully saturated rings. The SMILES string of the molecule is O=C(C[C@H]1C(=O)NCCN1C(=O)CN1CCN(c2cccc(C(F)(F)F)c2)CC1)Nc1ccc2c(c1)OCO2. The molecule has 2 aromatic rings. The molecule has 0 aromatic heterocycles. The van der Waals surface area contributed by atoms with Crippen LogP contribution < -0.4 is 25.0 Å². The zero-order valence-corrected chi connectivity index (χ0v) is 21.0. The Balaban J connectivity index is 1.16. The van der Waals surface area contributed by atoms with Crippen molar-refractivity contribution in [2.24, 2.45) is 0 Å². The maximum Gasteiger partial charge on any atom is 0.416 e. The fraction of sp³-hybridized carbons (Fsp3) is 0.423. The summed E-state index contributed by atoms with van der Waals surface area (Å²) in [6, 6.07) is 9.21. The average Bonchev–Trinajstić information content (AvgIpc) is 3.38. The third-order valence-corrected chi connectivity index (χ3v) is 6.96. The molecular weight excluding hydrogens is 519 g/mol. The van der Waals surface area contributed by atoms with E-state index in [4.69, 9.17) is 9.47 Å². The van der Waals surface area contributed by atoms with Gasteiger partial charge in [0.2, 0.25) is 24.5 Å². The van der Waals surface area contributed by atoms with Crippen molar-refractivity contribution < 1.29 is 37.0 Å². The minimum atomic E-state index is -4.41. The molecule has 0 unspecified atom stereocenters. The summed E-state index contributed by atoms with van der Waals surface area (Å²) in [4.78, 5) is 43.8. The molecule has 2 aromatic carbocycles. The van der Waals surface area contributed by atoms with Crippen LogP contribution in [0.5, 0.6) is 11.5 Å². The molecule has 208 valence electrons. The van der Waals surface area contributed by atoms with Crippen LogP contribution >= 0.6 is 0 Å². The Bertz CT molecular complexity index is 1250. The van der Waals surface area contributed by atoms with Gasteiger partial charge in [-0.15, -0.1) is 0 Å². The van der Waals surface area contributed by atoms with E-state index >= 15 is 0 Å². The summed E-state index contributed by atoms with van der Waals surface area (Å²) in [5.74, 6) is -0.0216. The highest BCUT2D eigenvalue weighted by Crippen LogP contribution is 2.34. The van der Waals surface area contributed by atoms with Crippen LogP contribution in [0.2, 0.25) is 0 Å². The molecule has 10 nitrogen and oxygen atoms in total. The van der Waals surface area contributed by atoms with Crippen LogP contribution in [-0.2, 0) is 20.6 Å². The normalized spacial score (nSPS) is 19.6. The Morgan fingerprint density at radius 3 is 2.54 bits per heavy atom. The summed E-state index contributed by atoms with van der Waals surface area (Å²) in [6.07, 6.45) is -4.63. The number of rotatable bonds is 6. The molecule has 5 rings (SSSR count). The zero-order chi connectivity index (χ0) is 27.6. The van der Waals surface area contributed by atoms with Crippen molar-refractivity contribution >= 4 is 29.1 Å². The predicted molar refractivity (Wildman–Crippen MR) is 134 cm³/mol. The highest BCUT2D eigenvalue weighted by atomic mass is 19.4. The predicted octanol–water partition coefficient (Wildman–Crippen LogP) is 1.91. The van der Waals surface area contributed by atoms with Crippen molar-refractivity contribution in [2.75, 3.05) is 62.8 Å². The number of hydrogen-bond acceptors (Lipinski definition) is 7. The third kappa shape index (κ3) is 6.19. The number of alkyl halides is 3. The molecule has 3 aliphatic heterocycles. The van der Waals surface area contributed by atoms with Crippen LogP contribution in [0.3, 0.4) is 0 Å². The number of carbonyl (C=O) groups is 3. The quantitative estimate of drug-likeness (QED) is 0.570. The van der Waals surface area contributed by atoms with E-state index in [2.05, 4.69) is 10.6 Å². The van der Waals surface area contributed by atoms with Crippen molar-refractivity contribution in [3.05, 3.63) is 48.0 Å². The summed E-state index contributed by atoms with van der Waals surface area (Å²) >= 11 is 0. The Morgan fingerprint density at radius 1 is 1.00 bits per heavy atom. The minimum Gasteiger partial charge on any atom is -0.454 e. The monoisotopic (exact) mass is 547 g/mol. The second kappa shape index (κ2) is 11.0. The number of ether oxygens (including phenoxy) is 2. The summed E-state index contributed by atoms with van der Waals surface area (Å²) in [5.41, 5.74) is 0.267. The van der Waals surface area contributed by atoms with Crippen LogP contribution in [-0.4, -0.2) is 86.2 Å². The van der Waals surface area contributed by atoms with Gasteiger partial charge in [0, 0.05) is 56.7 Å². The summed E-state index contributed by atoms with van der Waals surface area (Å²) in [5, 5.41) is 5.45. The van der Waals surface area contributed by atoms with Crippen molar-refractivity contribution in [1.82, 2.24) is 15.1 Å². The van der Waals surface area contributed by atoms with Crippen LogP contribution in [0.1, 0.15) is 12.0 Å². The van der Waals surface area contributed by atoms with E-state index in [1.54, 1.807) is 24.3 Å². The second-order valence-electron chi connectivity index (χ2n) is 9.53. The third-order valence-electron chi connectivity index (χ3n) is 6.96. The topological polar surface area (TPSA) is 103 Å². The van der Waals surface area contributed by atoms with E-state index in [1.807, 2.05) is 9.80 Å². The fourth-order valence-corrected chi connectivity index (χ4v) is 4.90. The Labute approximate surface area is 222 Å². The highest BCUT2D eigenvalue weighted by Gasteiger charge is 2.36. The molecule has 2 N–H and O–H groups in total. The number of carbonyl (C=O) groups excluding carboxylic acids is 3. The molecule has 0 radical (unpaired) electrons. The van der Waals surface area contributed by atoms with Crippen LogP contribution in [0.25, 0.3) is 0 Å². The lowest BCUT2D eigenvalue weighted by Gasteiger charge is -2.39. The zero-order valence-electron chi connectivity index (χ0n) is 21.0. The Hall–Kier alpha value is -4.00. The Kier molecular flexibility index (Phi) is 7.51. The lowest BCUT2D eigenvalue weighted by molar-refractivity contribution is -0.145. The van der Waals surface area contributed by atoms with Gasteiger partial charge in [-0.1, -0.05) is 6.07 Å². The van der Waals surface area contributed by atoms with E-state index < -0.39 is 29.6 Å². The van der Waals surface area contributed by atoms with Crippen molar-refractivity contribution in [1.29, 1.82) is 0 Å². The molecule has 0 spiro atoms. The molecule has 1 atom stereocenters. The van der Waals surface area contributed by atoms with Crippen LogP contribution in [0.15, 0.2) is 42.5 Å². The van der Waals surface area contributed by atoms with Crippen molar-refractivity contribution in [3.63, 3.8) is 0 Å². The van der Waals surface area contributed by atoms with E-state index in [9.17, 15) is 27.6 Å². The molecule has 0 saturated carbocycles. The first kappa shape index (κ1) is 26.6. The van der Waals surface area contributed by atoms with Gasteiger partial charge in [-0.05, 0) is 30.3 Å². The van der Waals surface area contributed by atoms with Gasteiger partial charge in [0.1, 0.15) is 6.04 Å². The first-order chi connectivity index (χ1) is 18.7.